The molecule has 0 bridgehead atoms. The first-order chi connectivity index (χ1) is 9.52. The molecule has 0 heterocycles. The van der Waals surface area contributed by atoms with Crippen molar-refractivity contribution in [1.82, 2.24) is 0 Å². The van der Waals surface area contributed by atoms with Crippen molar-refractivity contribution in [3.05, 3.63) is 53.1 Å². The van der Waals surface area contributed by atoms with Crippen molar-refractivity contribution in [3.63, 3.8) is 0 Å². The Hall–Kier alpha value is -2.49. The topological polar surface area (TPSA) is 64.3 Å². The van der Waals surface area contributed by atoms with E-state index >= 15 is 0 Å². The standard InChI is InChI=1S/C16H18N2O2/c1-10-9-12(7-8-15(10)20-3)18-16(19)13-5-4-6-14(17)11(13)2/h4-9H,17H2,1-3H3,(H,18,19). The van der Waals surface area contributed by atoms with Gasteiger partial charge >= 0.3 is 0 Å². The fraction of sp³-hybridized carbons (Fsp3) is 0.188. The number of anilines is 2. The summed E-state index contributed by atoms with van der Waals surface area (Å²) in [5, 5.41) is 2.87. The molecule has 2 aromatic carbocycles. The molecule has 3 N–H and O–H groups in total. The molecular formula is C16H18N2O2. The van der Waals surface area contributed by atoms with E-state index in [2.05, 4.69) is 5.32 Å². The number of nitrogens with two attached hydrogens (primary N) is 1. The number of amides is 1. The second kappa shape index (κ2) is 5.65. The van der Waals surface area contributed by atoms with Crippen LogP contribution < -0.4 is 15.8 Å². The van der Waals surface area contributed by atoms with Gasteiger partial charge in [-0.3, -0.25) is 4.79 Å². The van der Waals surface area contributed by atoms with Crippen molar-refractivity contribution in [2.75, 3.05) is 18.2 Å². The van der Waals surface area contributed by atoms with Gasteiger partial charge in [-0.2, -0.15) is 0 Å². The van der Waals surface area contributed by atoms with E-state index in [-0.39, 0.29) is 5.91 Å². The van der Waals surface area contributed by atoms with Gasteiger partial charge in [-0.15, -0.1) is 0 Å². The van der Waals surface area contributed by atoms with Gasteiger partial charge in [0.1, 0.15) is 5.75 Å². The molecule has 104 valence electrons. The van der Waals surface area contributed by atoms with Crippen LogP contribution >= 0.6 is 0 Å². The van der Waals surface area contributed by atoms with Crippen LogP contribution in [0.2, 0.25) is 0 Å². The van der Waals surface area contributed by atoms with E-state index < -0.39 is 0 Å². The van der Waals surface area contributed by atoms with Gasteiger partial charge in [0.05, 0.1) is 7.11 Å². The summed E-state index contributed by atoms with van der Waals surface area (Å²) in [6.07, 6.45) is 0. The number of hydrogen-bond acceptors (Lipinski definition) is 3. The number of hydrogen-bond donors (Lipinski definition) is 2. The fourth-order valence-corrected chi connectivity index (χ4v) is 2.05. The zero-order valence-corrected chi connectivity index (χ0v) is 11.9. The molecule has 0 aromatic heterocycles. The maximum Gasteiger partial charge on any atom is 0.256 e. The molecule has 0 atom stereocenters. The summed E-state index contributed by atoms with van der Waals surface area (Å²) in [6.45, 7) is 3.77. The van der Waals surface area contributed by atoms with Gasteiger partial charge < -0.3 is 15.8 Å². The highest BCUT2D eigenvalue weighted by atomic mass is 16.5. The monoisotopic (exact) mass is 270 g/mol. The summed E-state index contributed by atoms with van der Waals surface area (Å²) in [7, 11) is 1.62. The highest BCUT2D eigenvalue weighted by Gasteiger charge is 2.11. The van der Waals surface area contributed by atoms with Crippen LogP contribution in [0.3, 0.4) is 0 Å². The Morgan fingerprint density at radius 2 is 1.95 bits per heavy atom. The Balaban J connectivity index is 2.24. The molecule has 0 radical (unpaired) electrons. The Morgan fingerprint density at radius 3 is 2.60 bits per heavy atom. The minimum atomic E-state index is -0.167. The molecule has 2 aromatic rings. The molecule has 0 spiro atoms. The van der Waals surface area contributed by atoms with Crippen LogP contribution in [0.15, 0.2) is 36.4 Å². The lowest BCUT2D eigenvalue weighted by Crippen LogP contribution is -2.14. The minimum Gasteiger partial charge on any atom is -0.496 e. The van der Waals surface area contributed by atoms with E-state index in [4.69, 9.17) is 10.5 Å². The quantitative estimate of drug-likeness (QED) is 0.842. The van der Waals surface area contributed by atoms with Crippen LogP contribution in [0.25, 0.3) is 0 Å². The number of rotatable bonds is 3. The third kappa shape index (κ3) is 2.74. The SMILES string of the molecule is COc1ccc(NC(=O)c2cccc(N)c2C)cc1C. The molecule has 0 aliphatic rings. The summed E-state index contributed by atoms with van der Waals surface area (Å²) in [5.74, 6) is 0.627. The first kappa shape index (κ1) is 13.9. The largest absolute Gasteiger partial charge is 0.496 e. The number of benzene rings is 2. The highest BCUT2D eigenvalue weighted by molar-refractivity contribution is 6.06. The highest BCUT2D eigenvalue weighted by Crippen LogP contribution is 2.22. The smallest absolute Gasteiger partial charge is 0.256 e. The average Bonchev–Trinajstić information content (AvgIpc) is 2.42. The Bertz CT molecular complexity index is 651. The molecule has 0 unspecified atom stereocenters. The number of nitrogens with one attached hydrogen (secondary N) is 1. The van der Waals surface area contributed by atoms with Gasteiger partial charge in [0, 0.05) is 16.9 Å². The summed E-state index contributed by atoms with van der Waals surface area (Å²) in [6, 6.07) is 10.8. The summed E-state index contributed by atoms with van der Waals surface area (Å²) in [5.41, 5.74) is 9.50. The van der Waals surface area contributed by atoms with E-state index in [9.17, 15) is 4.79 Å². The molecule has 20 heavy (non-hydrogen) atoms. The van der Waals surface area contributed by atoms with Crippen molar-refractivity contribution >= 4 is 17.3 Å². The molecule has 1 amide bonds. The normalized spacial score (nSPS) is 10.2. The van der Waals surface area contributed by atoms with Crippen LogP contribution in [-0.4, -0.2) is 13.0 Å². The third-order valence-corrected chi connectivity index (χ3v) is 3.27. The molecule has 0 fully saturated rings. The van der Waals surface area contributed by atoms with Crippen molar-refractivity contribution in [3.8, 4) is 5.75 Å². The lowest BCUT2D eigenvalue weighted by Gasteiger charge is -2.11. The van der Waals surface area contributed by atoms with Crippen LogP contribution in [0.1, 0.15) is 21.5 Å². The Morgan fingerprint density at radius 1 is 1.20 bits per heavy atom. The van der Waals surface area contributed by atoms with Gasteiger partial charge in [0.15, 0.2) is 0 Å². The Labute approximate surface area is 118 Å². The summed E-state index contributed by atoms with van der Waals surface area (Å²) < 4.78 is 5.20. The zero-order valence-electron chi connectivity index (χ0n) is 11.9. The summed E-state index contributed by atoms with van der Waals surface area (Å²) in [4.78, 5) is 12.3. The molecule has 4 nitrogen and oxygen atoms in total. The number of methoxy groups -OCH3 is 1. The average molecular weight is 270 g/mol. The minimum absolute atomic E-state index is 0.167. The number of aryl methyl sites for hydroxylation is 1. The van der Waals surface area contributed by atoms with Gasteiger partial charge in [0.25, 0.3) is 5.91 Å². The maximum atomic E-state index is 12.3. The van der Waals surface area contributed by atoms with E-state index in [1.807, 2.05) is 32.0 Å². The van der Waals surface area contributed by atoms with Crippen LogP contribution in [-0.2, 0) is 0 Å². The third-order valence-electron chi connectivity index (χ3n) is 3.27. The van der Waals surface area contributed by atoms with Crippen LogP contribution in [0.4, 0.5) is 11.4 Å². The van der Waals surface area contributed by atoms with Crippen LogP contribution in [0, 0.1) is 13.8 Å². The van der Waals surface area contributed by atoms with Crippen molar-refractivity contribution in [1.29, 1.82) is 0 Å². The number of carbonyl (C=O) groups excluding carboxylic acids is 1. The first-order valence-electron chi connectivity index (χ1n) is 6.34. The molecular weight excluding hydrogens is 252 g/mol. The van der Waals surface area contributed by atoms with Crippen molar-refractivity contribution in [2.45, 2.75) is 13.8 Å². The number of carbonyl (C=O) groups is 1. The second-order valence-electron chi connectivity index (χ2n) is 4.66. The van der Waals surface area contributed by atoms with Crippen molar-refractivity contribution < 1.29 is 9.53 Å². The van der Waals surface area contributed by atoms with Crippen LogP contribution in [0.5, 0.6) is 5.75 Å². The van der Waals surface area contributed by atoms with Gasteiger partial charge in [-0.1, -0.05) is 6.07 Å². The Kier molecular flexibility index (Phi) is 3.94. The lowest BCUT2D eigenvalue weighted by molar-refractivity contribution is 0.102. The van der Waals surface area contributed by atoms with E-state index in [0.29, 0.717) is 11.3 Å². The lowest BCUT2D eigenvalue weighted by atomic mass is 10.1. The predicted octanol–water partition coefficient (Wildman–Crippen LogP) is 3.15. The van der Waals surface area contributed by atoms with Gasteiger partial charge in [0.2, 0.25) is 0 Å². The van der Waals surface area contributed by atoms with E-state index in [0.717, 1.165) is 22.6 Å². The first-order valence-corrected chi connectivity index (χ1v) is 6.34. The molecule has 0 saturated heterocycles. The van der Waals surface area contributed by atoms with Crippen molar-refractivity contribution in [2.24, 2.45) is 0 Å². The number of nitrogen functional groups attached to an aromatic ring is 1. The molecule has 4 heteroatoms. The van der Waals surface area contributed by atoms with E-state index in [1.165, 1.54) is 0 Å². The number of ether oxygens (including phenoxy) is 1. The predicted molar refractivity (Wildman–Crippen MR) is 81.3 cm³/mol. The second-order valence-corrected chi connectivity index (χ2v) is 4.66. The molecule has 2 rings (SSSR count). The van der Waals surface area contributed by atoms with E-state index in [1.54, 1.807) is 25.3 Å². The fourth-order valence-electron chi connectivity index (χ4n) is 2.05. The molecule has 0 saturated carbocycles. The maximum absolute atomic E-state index is 12.3. The van der Waals surface area contributed by atoms with Gasteiger partial charge in [-0.05, 0) is 55.3 Å². The van der Waals surface area contributed by atoms with Gasteiger partial charge in [-0.25, -0.2) is 0 Å². The molecule has 0 aliphatic carbocycles. The zero-order chi connectivity index (χ0) is 14.7. The summed E-state index contributed by atoms with van der Waals surface area (Å²) >= 11 is 0. The molecule has 0 aliphatic heterocycles.